The van der Waals surface area contributed by atoms with Gasteiger partial charge in [0, 0.05) is 12.7 Å². The van der Waals surface area contributed by atoms with Gasteiger partial charge in [0.25, 0.3) is 0 Å². The summed E-state index contributed by atoms with van der Waals surface area (Å²) in [5.74, 6) is 0.845. The zero-order valence-electron chi connectivity index (χ0n) is 9.47. The van der Waals surface area contributed by atoms with E-state index in [0.29, 0.717) is 13.1 Å². The number of nitrogens with zero attached hydrogens (tertiary/aromatic N) is 3. The molecular formula is C12H12N4O. The van der Waals surface area contributed by atoms with Crippen molar-refractivity contribution >= 4 is 5.78 Å². The van der Waals surface area contributed by atoms with Gasteiger partial charge in [-0.3, -0.25) is 4.79 Å². The van der Waals surface area contributed by atoms with E-state index in [4.69, 9.17) is 0 Å². The summed E-state index contributed by atoms with van der Waals surface area (Å²) in [6, 6.07) is 5.64. The molecule has 1 aliphatic heterocycles. The molecule has 0 unspecified atom stereocenters. The molecule has 2 aromatic heterocycles. The molecule has 2 aromatic rings. The second-order valence-corrected chi connectivity index (χ2v) is 4.03. The molecule has 86 valence electrons. The molecule has 5 nitrogen and oxygen atoms in total. The molecule has 3 heterocycles. The van der Waals surface area contributed by atoms with Gasteiger partial charge in [0.1, 0.15) is 0 Å². The summed E-state index contributed by atoms with van der Waals surface area (Å²) in [7, 11) is 0. The number of carbonyl (C=O) groups is 1. The lowest BCUT2D eigenvalue weighted by Gasteiger charge is -2.09. The summed E-state index contributed by atoms with van der Waals surface area (Å²) in [5.41, 5.74) is 2.42. The van der Waals surface area contributed by atoms with Crippen LogP contribution >= 0.6 is 0 Å². The molecule has 0 fully saturated rings. The van der Waals surface area contributed by atoms with Crippen LogP contribution in [-0.4, -0.2) is 27.1 Å². The van der Waals surface area contributed by atoms with E-state index < -0.39 is 0 Å². The Morgan fingerprint density at radius 3 is 2.94 bits per heavy atom. The van der Waals surface area contributed by atoms with Crippen LogP contribution in [0.15, 0.2) is 24.4 Å². The lowest BCUT2D eigenvalue weighted by Crippen LogP contribution is -2.29. The highest BCUT2D eigenvalue weighted by atomic mass is 16.1. The van der Waals surface area contributed by atoms with Gasteiger partial charge in [-0.2, -0.15) is 5.10 Å². The van der Waals surface area contributed by atoms with Crippen molar-refractivity contribution in [3.05, 3.63) is 41.3 Å². The summed E-state index contributed by atoms with van der Waals surface area (Å²) < 4.78 is 1.73. The highest BCUT2D eigenvalue weighted by Gasteiger charge is 2.24. The first kappa shape index (κ1) is 10.2. The Morgan fingerprint density at radius 2 is 2.24 bits per heavy atom. The maximum Gasteiger partial charge on any atom is 0.180 e. The standard InChI is InChI=1S/C12H12N4O/c1-8-12-9(6-13-7-10(12)17)15-16(8)11-4-2-3-5-14-11/h2-5,13H,6-7H2,1H3. The number of carbonyl (C=O) groups excluding carboxylic acids is 1. The molecular weight excluding hydrogens is 216 g/mol. The minimum atomic E-state index is 0.103. The Bertz CT molecular complexity index is 574. The molecule has 0 atom stereocenters. The van der Waals surface area contributed by atoms with Crippen molar-refractivity contribution in [3.8, 4) is 5.82 Å². The summed E-state index contributed by atoms with van der Waals surface area (Å²) in [6.45, 7) is 2.94. The highest BCUT2D eigenvalue weighted by molar-refractivity contribution is 6.00. The normalized spacial score (nSPS) is 14.8. The highest BCUT2D eigenvalue weighted by Crippen LogP contribution is 2.19. The molecule has 17 heavy (non-hydrogen) atoms. The summed E-state index contributed by atoms with van der Waals surface area (Å²) in [5, 5.41) is 7.48. The van der Waals surface area contributed by atoms with E-state index in [1.807, 2.05) is 25.1 Å². The number of hydrogen-bond donors (Lipinski definition) is 1. The van der Waals surface area contributed by atoms with Crippen LogP contribution in [0.1, 0.15) is 21.7 Å². The van der Waals surface area contributed by atoms with Gasteiger partial charge in [-0.05, 0) is 19.1 Å². The van der Waals surface area contributed by atoms with Crippen LogP contribution in [0, 0.1) is 6.92 Å². The monoisotopic (exact) mass is 228 g/mol. The molecule has 3 rings (SSSR count). The number of hydrogen-bond acceptors (Lipinski definition) is 4. The third-order valence-corrected chi connectivity index (χ3v) is 2.91. The van der Waals surface area contributed by atoms with Crippen LogP contribution in [0.25, 0.3) is 5.82 Å². The van der Waals surface area contributed by atoms with Crippen molar-refractivity contribution in [2.75, 3.05) is 6.54 Å². The van der Waals surface area contributed by atoms with Crippen LogP contribution in [0.3, 0.4) is 0 Å². The smallest absolute Gasteiger partial charge is 0.180 e. The number of aromatic nitrogens is 3. The molecule has 0 saturated heterocycles. The van der Waals surface area contributed by atoms with Crippen LogP contribution in [0.2, 0.25) is 0 Å². The fourth-order valence-corrected chi connectivity index (χ4v) is 2.13. The van der Waals surface area contributed by atoms with E-state index in [1.54, 1.807) is 10.9 Å². The largest absolute Gasteiger partial charge is 0.304 e. The second-order valence-electron chi connectivity index (χ2n) is 4.03. The van der Waals surface area contributed by atoms with Crippen LogP contribution < -0.4 is 5.32 Å². The zero-order chi connectivity index (χ0) is 11.8. The molecule has 0 amide bonds. The number of pyridine rings is 1. The first-order chi connectivity index (χ1) is 8.27. The summed E-state index contributed by atoms with van der Waals surface area (Å²) in [4.78, 5) is 16.1. The Hall–Kier alpha value is -2.01. The number of nitrogens with one attached hydrogen (secondary N) is 1. The van der Waals surface area contributed by atoms with Gasteiger partial charge in [-0.25, -0.2) is 9.67 Å². The van der Waals surface area contributed by atoms with Crippen LogP contribution in [-0.2, 0) is 6.54 Å². The van der Waals surface area contributed by atoms with Gasteiger partial charge < -0.3 is 5.32 Å². The van der Waals surface area contributed by atoms with Crippen molar-refractivity contribution in [2.24, 2.45) is 0 Å². The third kappa shape index (κ3) is 1.55. The molecule has 1 N–H and O–H groups in total. The minimum absolute atomic E-state index is 0.103. The Balaban J connectivity index is 2.17. The van der Waals surface area contributed by atoms with Crippen molar-refractivity contribution in [1.29, 1.82) is 0 Å². The average molecular weight is 228 g/mol. The van der Waals surface area contributed by atoms with E-state index in [-0.39, 0.29) is 5.78 Å². The maximum absolute atomic E-state index is 11.8. The number of fused-ring (bicyclic) bond motifs is 1. The summed E-state index contributed by atoms with van der Waals surface area (Å²) in [6.07, 6.45) is 1.72. The molecule has 0 radical (unpaired) electrons. The predicted octanol–water partition coefficient (Wildman–Crippen LogP) is 0.862. The molecule has 1 aliphatic rings. The lowest BCUT2D eigenvalue weighted by molar-refractivity contribution is 0.0981. The van der Waals surface area contributed by atoms with E-state index in [9.17, 15) is 4.79 Å². The SMILES string of the molecule is Cc1c2c(nn1-c1ccccn1)CNCC2=O. The van der Waals surface area contributed by atoms with E-state index in [2.05, 4.69) is 15.4 Å². The Labute approximate surface area is 98.5 Å². The van der Waals surface area contributed by atoms with Gasteiger partial charge >= 0.3 is 0 Å². The van der Waals surface area contributed by atoms with E-state index >= 15 is 0 Å². The van der Waals surface area contributed by atoms with Crippen molar-refractivity contribution in [2.45, 2.75) is 13.5 Å². The van der Waals surface area contributed by atoms with Gasteiger partial charge in [0.15, 0.2) is 11.6 Å². The quantitative estimate of drug-likeness (QED) is 0.786. The maximum atomic E-state index is 11.8. The van der Waals surface area contributed by atoms with Gasteiger partial charge in [-0.1, -0.05) is 6.07 Å². The lowest BCUT2D eigenvalue weighted by atomic mass is 10.1. The average Bonchev–Trinajstić information content (AvgIpc) is 2.69. The van der Waals surface area contributed by atoms with E-state index in [0.717, 1.165) is 22.8 Å². The van der Waals surface area contributed by atoms with Gasteiger partial charge in [0.05, 0.1) is 23.5 Å². The fraction of sp³-hybridized carbons (Fsp3) is 0.250. The van der Waals surface area contributed by atoms with Crippen molar-refractivity contribution in [1.82, 2.24) is 20.1 Å². The Morgan fingerprint density at radius 1 is 1.35 bits per heavy atom. The Kier molecular flexibility index (Phi) is 2.26. The summed E-state index contributed by atoms with van der Waals surface area (Å²) >= 11 is 0. The number of Topliss-reactive ketones (excluding diaryl/α,β-unsaturated/α-hetero) is 1. The zero-order valence-corrected chi connectivity index (χ0v) is 9.47. The van der Waals surface area contributed by atoms with Gasteiger partial charge in [-0.15, -0.1) is 0 Å². The number of ketones is 1. The first-order valence-corrected chi connectivity index (χ1v) is 5.51. The van der Waals surface area contributed by atoms with E-state index in [1.165, 1.54) is 0 Å². The fourth-order valence-electron chi connectivity index (χ4n) is 2.13. The predicted molar refractivity (Wildman–Crippen MR) is 62.1 cm³/mol. The van der Waals surface area contributed by atoms with Gasteiger partial charge in [0.2, 0.25) is 0 Å². The molecule has 0 bridgehead atoms. The third-order valence-electron chi connectivity index (χ3n) is 2.91. The molecule has 0 aliphatic carbocycles. The topological polar surface area (TPSA) is 59.8 Å². The first-order valence-electron chi connectivity index (χ1n) is 5.51. The van der Waals surface area contributed by atoms with Crippen molar-refractivity contribution < 1.29 is 4.79 Å². The van der Waals surface area contributed by atoms with Crippen molar-refractivity contribution in [3.63, 3.8) is 0 Å². The molecule has 0 aromatic carbocycles. The molecule has 5 heteroatoms. The van der Waals surface area contributed by atoms with Crippen LogP contribution in [0.5, 0.6) is 0 Å². The minimum Gasteiger partial charge on any atom is -0.304 e. The number of rotatable bonds is 1. The molecule has 0 saturated carbocycles. The van der Waals surface area contributed by atoms with Crippen LogP contribution in [0.4, 0.5) is 0 Å². The second kappa shape index (κ2) is 3.78. The molecule has 0 spiro atoms.